The molecule has 1 N–H and O–H groups in total. The van der Waals surface area contributed by atoms with Gasteiger partial charge in [0, 0.05) is 19.0 Å². The number of para-hydroxylation sites is 1. The fraction of sp³-hybridized carbons (Fsp3) is 0.214. The van der Waals surface area contributed by atoms with Crippen LogP contribution in [0.15, 0.2) is 41.4 Å². The van der Waals surface area contributed by atoms with E-state index in [0.29, 0.717) is 18.1 Å². The van der Waals surface area contributed by atoms with Crippen LogP contribution in [0.25, 0.3) is 0 Å². The zero-order chi connectivity index (χ0) is 17.0. The van der Waals surface area contributed by atoms with E-state index in [1.807, 2.05) is 0 Å². The van der Waals surface area contributed by atoms with E-state index in [-0.39, 0.29) is 10.6 Å². The first-order valence-electron chi connectivity index (χ1n) is 6.61. The molecule has 0 aliphatic rings. The minimum absolute atomic E-state index is 0.167. The molecule has 0 radical (unpaired) electrons. The van der Waals surface area contributed by atoms with Gasteiger partial charge >= 0.3 is 5.69 Å². The number of anilines is 1. The lowest BCUT2D eigenvalue weighted by Gasteiger charge is -2.09. The molecule has 0 atom stereocenters. The number of sulfone groups is 1. The molecule has 122 valence electrons. The van der Waals surface area contributed by atoms with Gasteiger partial charge in [0.05, 0.1) is 4.92 Å². The molecule has 23 heavy (non-hydrogen) atoms. The van der Waals surface area contributed by atoms with Crippen LogP contribution in [0.2, 0.25) is 5.15 Å². The lowest BCUT2D eigenvalue weighted by Crippen LogP contribution is -2.10. The molecule has 0 bridgehead atoms. The largest absolute Gasteiger partial charge is 0.379 e. The monoisotopic (exact) mass is 355 g/mol. The summed E-state index contributed by atoms with van der Waals surface area (Å²) in [4.78, 5) is 14.2. The van der Waals surface area contributed by atoms with Crippen molar-refractivity contribution in [1.29, 1.82) is 0 Å². The van der Waals surface area contributed by atoms with Crippen LogP contribution in [-0.4, -0.2) is 31.1 Å². The van der Waals surface area contributed by atoms with Gasteiger partial charge in [0.2, 0.25) is 0 Å². The van der Waals surface area contributed by atoms with Gasteiger partial charge in [-0.1, -0.05) is 23.7 Å². The highest BCUT2D eigenvalue weighted by Crippen LogP contribution is 2.31. The van der Waals surface area contributed by atoms with Gasteiger partial charge in [-0.05, 0) is 30.2 Å². The average molecular weight is 356 g/mol. The van der Waals surface area contributed by atoms with Crippen LogP contribution in [0.4, 0.5) is 11.4 Å². The van der Waals surface area contributed by atoms with Crippen molar-refractivity contribution in [2.75, 3.05) is 18.1 Å². The predicted molar refractivity (Wildman–Crippen MR) is 87.6 cm³/mol. The lowest BCUT2D eigenvalue weighted by atomic mass is 10.2. The summed E-state index contributed by atoms with van der Waals surface area (Å²) in [6, 6.07) is 7.63. The van der Waals surface area contributed by atoms with Gasteiger partial charge in [-0.15, -0.1) is 0 Å². The van der Waals surface area contributed by atoms with Crippen LogP contribution in [-0.2, 0) is 16.3 Å². The smallest absolute Gasteiger partial charge is 0.310 e. The Morgan fingerprint density at radius 1 is 1.30 bits per heavy atom. The summed E-state index contributed by atoms with van der Waals surface area (Å²) in [6.07, 6.45) is 3.12. The van der Waals surface area contributed by atoms with E-state index in [0.717, 1.165) is 11.8 Å². The van der Waals surface area contributed by atoms with Gasteiger partial charge in [-0.2, -0.15) is 0 Å². The Morgan fingerprint density at radius 3 is 2.61 bits per heavy atom. The van der Waals surface area contributed by atoms with Crippen LogP contribution in [0.5, 0.6) is 0 Å². The summed E-state index contributed by atoms with van der Waals surface area (Å²) < 4.78 is 23.4. The van der Waals surface area contributed by atoms with Gasteiger partial charge in [0.25, 0.3) is 0 Å². The normalized spacial score (nSPS) is 11.2. The molecule has 0 aliphatic carbocycles. The molecular weight excluding hydrogens is 342 g/mol. The first kappa shape index (κ1) is 17.2. The number of nitrogens with one attached hydrogen (secondary N) is 1. The topological polar surface area (TPSA) is 102 Å². The van der Waals surface area contributed by atoms with Crippen molar-refractivity contribution in [3.05, 3.63) is 57.4 Å². The van der Waals surface area contributed by atoms with E-state index in [4.69, 9.17) is 11.6 Å². The third-order valence-electron chi connectivity index (χ3n) is 3.10. The molecule has 0 saturated heterocycles. The van der Waals surface area contributed by atoms with Crippen LogP contribution in [0.3, 0.4) is 0 Å². The molecule has 0 saturated carbocycles. The Bertz CT molecular complexity index is 822. The van der Waals surface area contributed by atoms with Crippen molar-refractivity contribution < 1.29 is 13.3 Å². The van der Waals surface area contributed by atoms with Gasteiger partial charge in [-0.3, -0.25) is 10.1 Å². The maximum absolute atomic E-state index is 11.7. The standard InChI is InChI=1S/C14H14ClN3O4S/c1-23(21,22)12-4-2-3-11(14(12)18(19)20)16-8-7-10-5-6-13(15)17-9-10/h2-6,9,16H,7-8H2,1H3. The zero-order valence-electron chi connectivity index (χ0n) is 12.2. The molecule has 0 unspecified atom stereocenters. The van der Waals surface area contributed by atoms with Crippen LogP contribution in [0.1, 0.15) is 5.56 Å². The zero-order valence-corrected chi connectivity index (χ0v) is 13.8. The van der Waals surface area contributed by atoms with Gasteiger partial charge < -0.3 is 5.32 Å². The van der Waals surface area contributed by atoms with Crippen LogP contribution >= 0.6 is 11.6 Å². The molecule has 1 aromatic heterocycles. The van der Waals surface area contributed by atoms with Gasteiger partial charge in [0.1, 0.15) is 15.7 Å². The number of nitro groups is 1. The number of nitrogens with zero attached hydrogens (tertiary/aromatic N) is 2. The predicted octanol–water partition coefficient (Wildman–Crippen LogP) is 2.70. The summed E-state index contributed by atoms with van der Waals surface area (Å²) in [5.74, 6) is 0. The number of pyridine rings is 1. The maximum atomic E-state index is 11.7. The summed E-state index contributed by atoms with van der Waals surface area (Å²) in [5, 5.41) is 14.5. The number of hydrogen-bond acceptors (Lipinski definition) is 6. The minimum atomic E-state index is -3.69. The van der Waals surface area contributed by atoms with Crippen molar-refractivity contribution in [3.8, 4) is 0 Å². The third-order valence-corrected chi connectivity index (χ3v) is 4.45. The molecule has 2 rings (SSSR count). The molecule has 0 amide bonds. The number of aromatic nitrogens is 1. The van der Waals surface area contributed by atoms with E-state index < -0.39 is 20.4 Å². The summed E-state index contributed by atoms with van der Waals surface area (Å²) in [5.41, 5.74) is 0.632. The number of halogens is 1. The molecule has 1 aromatic carbocycles. The van der Waals surface area contributed by atoms with Crippen molar-refractivity contribution in [1.82, 2.24) is 4.98 Å². The fourth-order valence-electron chi connectivity index (χ4n) is 2.05. The van der Waals surface area contributed by atoms with E-state index in [9.17, 15) is 18.5 Å². The third kappa shape index (κ3) is 4.40. The lowest BCUT2D eigenvalue weighted by molar-refractivity contribution is -0.386. The summed E-state index contributed by atoms with van der Waals surface area (Å²) in [6.45, 7) is 0.386. The number of rotatable bonds is 6. The van der Waals surface area contributed by atoms with Gasteiger partial charge in [-0.25, -0.2) is 13.4 Å². The molecule has 0 fully saturated rings. The van der Waals surface area contributed by atoms with Crippen molar-refractivity contribution >= 4 is 32.8 Å². The van der Waals surface area contributed by atoms with E-state index in [2.05, 4.69) is 10.3 Å². The highest BCUT2D eigenvalue weighted by molar-refractivity contribution is 7.90. The second-order valence-corrected chi connectivity index (χ2v) is 7.22. The average Bonchev–Trinajstić information content (AvgIpc) is 2.48. The van der Waals surface area contributed by atoms with Crippen LogP contribution < -0.4 is 5.32 Å². The number of nitro benzene ring substituents is 1. The molecule has 0 aliphatic heterocycles. The highest BCUT2D eigenvalue weighted by Gasteiger charge is 2.25. The first-order chi connectivity index (χ1) is 10.8. The molecule has 2 aromatic rings. The second-order valence-electron chi connectivity index (χ2n) is 4.85. The Hall–Kier alpha value is -2.19. The van der Waals surface area contributed by atoms with E-state index >= 15 is 0 Å². The minimum Gasteiger partial charge on any atom is -0.379 e. The Kier molecular flexibility index (Phi) is 5.17. The Balaban J connectivity index is 2.19. The molecular formula is C14H14ClN3O4S. The van der Waals surface area contributed by atoms with E-state index in [1.165, 1.54) is 18.2 Å². The van der Waals surface area contributed by atoms with Crippen LogP contribution in [0, 0.1) is 10.1 Å². The number of hydrogen-bond donors (Lipinski definition) is 1. The molecule has 0 spiro atoms. The molecule has 1 heterocycles. The fourth-order valence-corrected chi connectivity index (χ4v) is 3.02. The Labute approximate surface area is 138 Å². The SMILES string of the molecule is CS(=O)(=O)c1cccc(NCCc2ccc(Cl)nc2)c1[N+](=O)[O-]. The summed E-state index contributed by atoms with van der Waals surface area (Å²) in [7, 11) is -3.69. The van der Waals surface area contributed by atoms with Crippen molar-refractivity contribution in [2.24, 2.45) is 0 Å². The van der Waals surface area contributed by atoms with Crippen molar-refractivity contribution in [2.45, 2.75) is 11.3 Å². The van der Waals surface area contributed by atoms with Crippen molar-refractivity contribution in [3.63, 3.8) is 0 Å². The number of benzene rings is 1. The summed E-state index contributed by atoms with van der Waals surface area (Å²) >= 11 is 5.70. The highest BCUT2D eigenvalue weighted by atomic mass is 35.5. The van der Waals surface area contributed by atoms with Gasteiger partial charge in [0.15, 0.2) is 9.84 Å². The maximum Gasteiger partial charge on any atom is 0.310 e. The first-order valence-corrected chi connectivity index (χ1v) is 8.88. The Morgan fingerprint density at radius 2 is 2.04 bits per heavy atom. The second kappa shape index (κ2) is 6.93. The quantitative estimate of drug-likeness (QED) is 0.485. The molecule has 9 heteroatoms. The van der Waals surface area contributed by atoms with E-state index in [1.54, 1.807) is 18.3 Å². The molecule has 7 nitrogen and oxygen atoms in total.